The van der Waals surface area contributed by atoms with Crippen molar-refractivity contribution in [2.24, 2.45) is 0 Å². The van der Waals surface area contributed by atoms with Gasteiger partial charge in [0.25, 0.3) is 0 Å². The highest BCUT2D eigenvalue weighted by atomic mass is 16.4. The van der Waals surface area contributed by atoms with Crippen molar-refractivity contribution in [3.05, 3.63) is 42.4 Å². The largest absolute Gasteiger partial charge is 0.479 e. The summed E-state index contributed by atoms with van der Waals surface area (Å²) in [6.45, 7) is 1.53. The summed E-state index contributed by atoms with van der Waals surface area (Å²) in [6, 6.07) is 9.73. The Morgan fingerprint density at radius 3 is 2.59 bits per heavy atom. The van der Waals surface area contributed by atoms with Gasteiger partial charge in [0.1, 0.15) is 0 Å². The number of aliphatic carboxylic acids is 1. The van der Waals surface area contributed by atoms with Crippen molar-refractivity contribution >= 4 is 5.97 Å². The standard InChI is InChI=1S/C16H18N2O4/c19-15(20)16(21)6-8-18(9-7-16)11-14-17-10-13(22-14)12-4-2-1-3-5-12/h1-5,10,21H,6-9,11H2,(H,19,20). The van der Waals surface area contributed by atoms with E-state index in [9.17, 15) is 9.90 Å². The lowest BCUT2D eigenvalue weighted by molar-refractivity contribution is -0.163. The first-order valence-electron chi connectivity index (χ1n) is 7.25. The van der Waals surface area contributed by atoms with Crippen LogP contribution in [0.25, 0.3) is 11.3 Å². The third-order valence-corrected chi connectivity index (χ3v) is 4.05. The number of nitrogens with zero attached hydrogens (tertiary/aromatic N) is 2. The summed E-state index contributed by atoms with van der Waals surface area (Å²) < 4.78 is 5.74. The Morgan fingerprint density at radius 1 is 1.27 bits per heavy atom. The Labute approximate surface area is 128 Å². The number of hydrogen-bond acceptors (Lipinski definition) is 5. The summed E-state index contributed by atoms with van der Waals surface area (Å²) >= 11 is 0. The first-order valence-corrected chi connectivity index (χ1v) is 7.25. The summed E-state index contributed by atoms with van der Waals surface area (Å²) in [5, 5.41) is 18.9. The molecule has 1 aliphatic rings. The van der Waals surface area contributed by atoms with Crippen LogP contribution in [0.4, 0.5) is 0 Å². The molecule has 2 heterocycles. The van der Waals surface area contributed by atoms with Crippen molar-refractivity contribution < 1.29 is 19.4 Å². The molecule has 116 valence electrons. The quantitative estimate of drug-likeness (QED) is 0.895. The number of carboxylic acids is 1. The summed E-state index contributed by atoms with van der Waals surface area (Å²) in [6.07, 6.45) is 2.13. The van der Waals surface area contributed by atoms with Gasteiger partial charge in [-0.25, -0.2) is 9.78 Å². The van der Waals surface area contributed by atoms with Crippen molar-refractivity contribution in [3.8, 4) is 11.3 Å². The molecule has 0 amide bonds. The molecule has 2 N–H and O–H groups in total. The number of likely N-dealkylation sites (tertiary alicyclic amines) is 1. The molecule has 0 spiro atoms. The number of aromatic nitrogens is 1. The minimum absolute atomic E-state index is 0.217. The number of benzene rings is 1. The predicted octanol–water partition coefficient (Wildman–Crippen LogP) is 1.75. The van der Waals surface area contributed by atoms with Crippen LogP contribution in [0, 0.1) is 0 Å². The fourth-order valence-corrected chi connectivity index (χ4v) is 2.61. The lowest BCUT2D eigenvalue weighted by Gasteiger charge is -2.34. The van der Waals surface area contributed by atoms with Gasteiger partial charge in [0.05, 0.1) is 12.7 Å². The topological polar surface area (TPSA) is 86.8 Å². The number of aliphatic hydroxyl groups is 1. The Balaban J connectivity index is 1.61. The van der Waals surface area contributed by atoms with Crippen LogP contribution in [-0.4, -0.2) is 44.8 Å². The van der Waals surface area contributed by atoms with Gasteiger partial charge in [0, 0.05) is 18.7 Å². The van der Waals surface area contributed by atoms with Crippen LogP contribution in [-0.2, 0) is 11.3 Å². The van der Waals surface area contributed by atoms with Crippen LogP contribution in [0.3, 0.4) is 0 Å². The highest BCUT2D eigenvalue weighted by Crippen LogP contribution is 2.25. The van der Waals surface area contributed by atoms with Gasteiger partial charge in [-0.2, -0.15) is 0 Å². The fourth-order valence-electron chi connectivity index (χ4n) is 2.61. The van der Waals surface area contributed by atoms with E-state index in [1.807, 2.05) is 35.2 Å². The van der Waals surface area contributed by atoms with Crippen molar-refractivity contribution in [2.45, 2.75) is 25.0 Å². The molecule has 0 radical (unpaired) electrons. The number of carboxylic acid groups (broad SMARTS) is 1. The molecule has 1 aromatic heterocycles. The van der Waals surface area contributed by atoms with E-state index in [1.165, 1.54) is 0 Å². The molecule has 22 heavy (non-hydrogen) atoms. The zero-order valence-electron chi connectivity index (χ0n) is 12.1. The Hall–Kier alpha value is -2.18. The maximum absolute atomic E-state index is 11.0. The molecule has 6 heteroatoms. The monoisotopic (exact) mass is 302 g/mol. The van der Waals surface area contributed by atoms with Gasteiger partial charge in [0.2, 0.25) is 5.89 Å². The molecule has 0 saturated carbocycles. The average Bonchev–Trinajstić information content (AvgIpc) is 2.99. The molecule has 0 atom stereocenters. The Bertz CT molecular complexity index is 645. The van der Waals surface area contributed by atoms with Crippen LogP contribution in [0.5, 0.6) is 0 Å². The van der Waals surface area contributed by atoms with E-state index in [0.29, 0.717) is 25.5 Å². The van der Waals surface area contributed by atoms with Gasteiger partial charge in [-0.1, -0.05) is 30.3 Å². The normalized spacial score (nSPS) is 18.2. The van der Waals surface area contributed by atoms with Gasteiger partial charge in [-0.15, -0.1) is 0 Å². The lowest BCUT2D eigenvalue weighted by atomic mass is 9.92. The molecule has 1 aromatic carbocycles. The highest BCUT2D eigenvalue weighted by molar-refractivity contribution is 5.77. The number of carbonyl (C=O) groups is 1. The molecular weight excluding hydrogens is 284 g/mol. The van der Waals surface area contributed by atoms with Crippen LogP contribution < -0.4 is 0 Å². The number of hydrogen-bond donors (Lipinski definition) is 2. The molecule has 1 saturated heterocycles. The Morgan fingerprint density at radius 2 is 1.95 bits per heavy atom. The summed E-state index contributed by atoms with van der Waals surface area (Å²) in [4.78, 5) is 17.3. The molecule has 3 rings (SSSR count). The summed E-state index contributed by atoms with van der Waals surface area (Å²) in [5.41, 5.74) is -0.623. The Kier molecular flexibility index (Phi) is 3.96. The molecule has 2 aromatic rings. The zero-order valence-corrected chi connectivity index (χ0v) is 12.1. The van der Waals surface area contributed by atoms with Crippen LogP contribution in [0.1, 0.15) is 18.7 Å². The molecule has 0 unspecified atom stereocenters. The maximum atomic E-state index is 11.0. The maximum Gasteiger partial charge on any atom is 0.335 e. The second-order valence-electron chi connectivity index (χ2n) is 5.60. The molecule has 1 fully saturated rings. The lowest BCUT2D eigenvalue weighted by Crippen LogP contribution is -2.49. The minimum Gasteiger partial charge on any atom is -0.479 e. The van der Waals surface area contributed by atoms with E-state index < -0.39 is 11.6 Å². The van der Waals surface area contributed by atoms with Crippen LogP contribution in [0.2, 0.25) is 0 Å². The van der Waals surface area contributed by atoms with Crippen molar-refractivity contribution in [1.82, 2.24) is 9.88 Å². The highest BCUT2D eigenvalue weighted by Gasteiger charge is 2.39. The smallest absolute Gasteiger partial charge is 0.335 e. The van der Waals surface area contributed by atoms with Gasteiger partial charge < -0.3 is 14.6 Å². The van der Waals surface area contributed by atoms with E-state index in [1.54, 1.807) is 6.20 Å². The van der Waals surface area contributed by atoms with Gasteiger partial charge in [-0.05, 0) is 12.8 Å². The SMILES string of the molecule is O=C(O)C1(O)CCN(Cc2ncc(-c3ccccc3)o2)CC1. The van der Waals surface area contributed by atoms with Crippen LogP contribution in [0.15, 0.2) is 40.9 Å². The number of rotatable bonds is 4. The molecule has 6 nitrogen and oxygen atoms in total. The molecule has 0 aliphatic carbocycles. The van der Waals surface area contributed by atoms with Crippen LogP contribution >= 0.6 is 0 Å². The number of oxazole rings is 1. The van der Waals surface area contributed by atoms with E-state index in [2.05, 4.69) is 4.98 Å². The second-order valence-corrected chi connectivity index (χ2v) is 5.60. The van der Waals surface area contributed by atoms with E-state index in [-0.39, 0.29) is 12.8 Å². The first-order chi connectivity index (χ1) is 10.6. The third-order valence-electron chi connectivity index (χ3n) is 4.05. The minimum atomic E-state index is -1.59. The summed E-state index contributed by atoms with van der Waals surface area (Å²) in [5.74, 6) is 0.170. The van der Waals surface area contributed by atoms with E-state index in [0.717, 1.165) is 11.3 Å². The van der Waals surface area contributed by atoms with Gasteiger partial charge in [-0.3, -0.25) is 4.90 Å². The third kappa shape index (κ3) is 3.03. The zero-order chi connectivity index (χ0) is 15.6. The summed E-state index contributed by atoms with van der Waals surface area (Å²) in [7, 11) is 0. The van der Waals surface area contributed by atoms with Gasteiger partial charge >= 0.3 is 5.97 Å². The van der Waals surface area contributed by atoms with Crippen molar-refractivity contribution in [2.75, 3.05) is 13.1 Å². The predicted molar refractivity (Wildman–Crippen MR) is 79.0 cm³/mol. The van der Waals surface area contributed by atoms with E-state index in [4.69, 9.17) is 9.52 Å². The van der Waals surface area contributed by atoms with Crippen molar-refractivity contribution in [3.63, 3.8) is 0 Å². The van der Waals surface area contributed by atoms with Gasteiger partial charge in [0.15, 0.2) is 11.4 Å². The first kappa shape index (κ1) is 14.7. The molecular formula is C16H18N2O4. The van der Waals surface area contributed by atoms with E-state index >= 15 is 0 Å². The average molecular weight is 302 g/mol. The fraction of sp³-hybridized carbons (Fsp3) is 0.375. The molecule has 0 bridgehead atoms. The van der Waals surface area contributed by atoms with Crippen molar-refractivity contribution in [1.29, 1.82) is 0 Å². The number of piperidine rings is 1. The molecule has 1 aliphatic heterocycles. The second kappa shape index (κ2) is 5.90.